The lowest BCUT2D eigenvalue weighted by molar-refractivity contribution is 0.0772. The molecule has 1 aliphatic heterocycles. The third-order valence-electron chi connectivity index (χ3n) is 4.61. The number of nitrogens with zero attached hydrogens (tertiary/aromatic N) is 3. The molecule has 142 valence electrons. The molecule has 1 aromatic heterocycles. The molecule has 2 atom stereocenters. The van der Waals surface area contributed by atoms with Crippen LogP contribution in [-0.4, -0.2) is 61.9 Å². The van der Waals surface area contributed by atoms with Crippen LogP contribution in [0.2, 0.25) is 0 Å². The fourth-order valence-corrected chi connectivity index (χ4v) is 3.76. The van der Waals surface area contributed by atoms with Crippen LogP contribution in [0, 0.1) is 11.8 Å². The van der Waals surface area contributed by atoms with Gasteiger partial charge in [-0.15, -0.1) is 0 Å². The first-order valence-electron chi connectivity index (χ1n) is 8.48. The zero-order valence-corrected chi connectivity index (χ0v) is 16.5. The topological polar surface area (TPSA) is 95.8 Å². The lowest BCUT2D eigenvalue weighted by Gasteiger charge is -2.24. The zero-order valence-electron chi connectivity index (χ0n) is 15.7. The standard InChI is InChI=1S/C16H28N4O4S/c1-10(2)12-8-20(9-14(12)18-25(22,23)19(5)6)16(21)13-7-15(11(3)4)24-17-13/h7,10-12,14,18H,8-9H2,1-6H3/t12-,14+/m1/s1. The Morgan fingerprint density at radius 2 is 1.96 bits per heavy atom. The average Bonchev–Trinajstić information content (AvgIpc) is 3.12. The predicted octanol–water partition coefficient (Wildman–Crippen LogP) is 1.29. The van der Waals surface area contributed by atoms with Gasteiger partial charge in [0.15, 0.2) is 5.69 Å². The summed E-state index contributed by atoms with van der Waals surface area (Å²) in [5.41, 5.74) is 0.266. The van der Waals surface area contributed by atoms with Crippen molar-refractivity contribution in [3.05, 3.63) is 17.5 Å². The largest absolute Gasteiger partial charge is 0.360 e. The highest BCUT2D eigenvalue weighted by Gasteiger charge is 2.40. The number of nitrogens with one attached hydrogen (secondary N) is 1. The number of amides is 1. The molecule has 2 heterocycles. The Morgan fingerprint density at radius 1 is 1.32 bits per heavy atom. The van der Waals surface area contributed by atoms with Gasteiger partial charge >= 0.3 is 0 Å². The lowest BCUT2D eigenvalue weighted by Crippen LogP contribution is -2.46. The van der Waals surface area contributed by atoms with E-state index in [1.165, 1.54) is 14.1 Å². The van der Waals surface area contributed by atoms with Crippen LogP contribution in [-0.2, 0) is 10.2 Å². The Labute approximate surface area is 149 Å². The van der Waals surface area contributed by atoms with Gasteiger partial charge in [-0.25, -0.2) is 0 Å². The third kappa shape index (κ3) is 4.39. The van der Waals surface area contributed by atoms with Gasteiger partial charge in [-0.05, 0) is 11.8 Å². The molecule has 1 saturated heterocycles. The molecule has 2 rings (SSSR count). The predicted molar refractivity (Wildman–Crippen MR) is 94.4 cm³/mol. The van der Waals surface area contributed by atoms with Crippen molar-refractivity contribution in [3.63, 3.8) is 0 Å². The van der Waals surface area contributed by atoms with Crippen LogP contribution in [0.1, 0.15) is 49.9 Å². The molecule has 25 heavy (non-hydrogen) atoms. The van der Waals surface area contributed by atoms with E-state index in [1.807, 2.05) is 27.7 Å². The van der Waals surface area contributed by atoms with Crippen molar-refractivity contribution in [2.24, 2.45) is 11.8 Å². The van der Waals surface area contributed by atoms with Gasteiger partial charge in [0.25, 0.3) is 16.1 Å². The molecule has 1 amide bonds. The number of aromatic nitrogens is 1. The molecule has 1 fully saturated rings. The van der Waals surface area contributed by atoms with Gasteiger partial charge in [-0.1, -0.05) is 32.9 Å². The van der Waals surface area contributed by atoms with Gasteiger partial charge in [-0.3, -0.25) is 4.79 Å². The van der Waals surface area contributed by atoms with E-state index >= 15 is 0 Å². The van der Waals surface area contributed by atoms with E-state index in [0.717, 1.165) is 4.31 Å². The zero-order chi connectivity index (χ0) is 18.9. The molecule has 8 nitrogen and oxygen atoms in total. The number of hydrogen-bond donors (Lipinski definition) is 1. The maximum absolute atomic E-state index is 12.7. The van der Waals surface area contributed by atoms with Gasteiger partial charge in [-0.2, -0.15) is 17.4 Å². The van der Waals surface area contributed by atoms with Gasteiger partial charge in [0.1, 0.15) is 5.76 Å². The minimum absolute atomic E-state index is 0.0372. The van der Waals surface area contributed by atoms with E-state index < -0.39 is 10.2 Å². The second-order valence-corrected chi connectivity index (χ2v) is 9.32. The fourth-order valence-electron chi connectivity index (χ4n) is 2.92. The second kappa shape index (κ2) is 7.43. The molecule has 0 spiro atoms. The molecule has 1 aliphatic rings. The van der Waals surface area contributed by atoms with Gasteiger partial charge in [0.05, 0.1) is 0 Å². The van der Waals surface area contributed by atoms with Crippen molar-refractivity contribution in [3.8, 4) is 0 Å². The van der Waals surface area contributed by atoms with Crippen molar-refractivity contribution in [2.75, 3.05) is 27.2 Å². The average molecular weight is 372 g/mol. The number of carbonyl (C=O) groups excluding carboxylic acids is 1. The van der Waals surface area contributed by atoms with Crippen molar-refractivity contribution in [1.82, 2.24) is 19.1 Å². The molecule has 0 saturated carbocycles. The molecule has 1 N–H and O–H groups in total. The maximum atomic E-state index is 12.7. The summed E-state index contributed by atoms with van der Waals surface area (Å²) >= 11 is 0. The SMILES string of the molecule is CC(C)c1cc(C(=O)N2C[C@H](NS(=O)(=O)N(C)C)[C@@H](C(C)C)C2)no1. The highest BCUT2D eigenvalue weighted by atomic mass is 32.2. The summed E-state index contributed by atoms with van der Waals surface area (Å²) in [5.74, 6) is 0.850. The smallest absolute Gasteiger partial charge is 0.279 e. The Hall–Kier alpha value is -1.45. The Morgan fingerprint density at radius 3 is 2.44 bits per heavy atom. The summed E-state index contributed by atoms with van der Waals surface area (Å²) in [7, 11) is -0.599. The second-order valence-electron chi connectivity index (χ2n) is 7.40. The van der Waals surface area contributed by atoms with Crippen LogP contribution in [0.15, 0.2) is 10.6 Å². The summed E-state index contributed by atoms with van der Waals surface area (Å²) in [6, 6.07) is 1.34. The van der Waals surface area contributed by atoms with Crippen LogP contribution in [0.25, 0.3) is 0 Å². The first-order chi connectivity index (χ1) is 11.5. The van der Waals surface area contributed by atoms with E-state index in [2.05, 4.69) is 9.88 Å². The minimum atomic E-state index is -3.56. The normalized spacial score (nSPS) is 21.7. The molecular weight excluding hydrogens is 344 g/mol. The van der Waals surface area contributed by atoms with E-state index in [4.69, 9.17) is 4.52 Å². The third-order valence-corrected chi connectivity index (χ3v) is 6.17. The van der Waals surface area contributed by atoms with Crippen molar-refractivity contribution in [1.29, 1.82) is 0 Å². The first-order valence-corrected chi connectivity index (χ1v) is 9.92. The molecule has 0 aliphatic carbocycles. The Bertz CT molecular complexity index is 711. The van der Waals surface area contributed by atoms with Gasteiger partial charge in [0, 0.05) is 45.2 Å². The number of likely N-dealkylation sites (tertiary alicyclic amines) is 1. The van der Waals surface area contributed by atoms with Crippen LogP contribution in [0.4, 0.5) is 0 Å². The molecule has 0 radical (unpaired) electrons. The van der Waals surface area contributed by atoms with E-state index in [0.29, 0.717) is 18.8 Å². The molecular formula is C16H28N4O4S. The van der Waals surface area contributed by atoms with E-state index in [-0.39, 0.29) is 35.4 Å². The maximum Gasteiger partial charge on any atom is 0.279 e. The summed E-state index contributed by atoms with van der Waals surface area (Å²) in [5, 5.41) is 3.87. The first kappa shape index (κ1) is 19.9. The highest BCUT2D eigenvalue weighted by molar-refractivity contribution is 7.87. The number of hydrogen-bond acceptors (Lipinski definition) is 5. The van der Waals surface area contributed by atoms with Crippen LogP contribution < -0.4 is 4.72 Å². The number of carbonyl (C=O) groups is 1. The van der Waals surface area contributed by atoms with Gasteiger partial charge < -0.3 is 9.42 Å². The van der Waals surface area contributed by atoms with Crippen molar-refractivity contribution < 1.29 is 17.7 Å². The lowest BCUT2D eigenvalue weighted by atomic mass is 9.92. The minimum Gasteiger partial charge on any atom is -0.360 e. The van der Waals surface area contributed by atoms with Crippen molar-refractivity contribution >= 4 is 16.1 Å². The molecule has 0 bridgehead atoms. The Balaban J connectivity index is 2.16. The fraction of sp³-hybridized carbons (Fsp3) is 0.750. The summed E-state index contributed by atoms with van der Waals surface area (Å²) in [4.78, 5) is 14.4. The summed E-state index contributed by atoms with van der Waals surface area (Å²) in [6.07, 6.45) is 0. The monoisotopic (exact) mass is 372 g/mol. The number of rotatable bonds is 6. The molecule has 0 aromatic carbocycles. The molecule has 0 unspecified atom stereocenters. The van der Waals surface area contributed by atoms with Crippen LogP contribution in [0.5, 0.6) is 0 Å². The van der Waals surface area contributed by atoms with Crippen LogP contribution in [0.3, 0.4) is 0 Å². The molecule has 9 heteroatoms. The van der Waals surface area contributed by atoms with E-state index in [1.54, 1.807) is 11.0 Å². The van der Waals surface area contributed by atoms with Crippen molar-refractivity contribution in [2.45, 2.75) is 39.7 Å². The Kier molecular flexibility index (Phi) is 5.90. The quantitative estimate of drug-likeness (QED) is 0.812. The van der Waals surface area contributed by atoms with Crippen LogP contribution >= 0.6 is 0 Å². The van der Waals surface area contributed by atoms with Gasteiger partial charge in [0.2, 0.25) is 0 Å². The van der Waals surface area contributed by atoms with E-state index in [9.17, 15) is 13.2 Å². The summed E-state index contributed by atoms with van der Waals surface area (Å²) in [6.45, 7) is 8.79. The molecule has 1 aromatic rings. The highest BCUT2D eigenvalue weighted by Crippen LogP contribution is 2.27. The summed E-state index contributed by atoms with van der Waals surface area (Å²) < 4.78 is 33.4.